The number of nitrogens with zero attached hydrogens (tertiary/aromatic N) is 2. The Bertz CT molecular complexity index is 668. The Morgan fingerprint density at radius 3 is 2.83 bits per heavy atom. The maximum Gasteiger partial charge on any atom is 0.186 e. The number of hydrogen-bond donors (Lipinski definition) is 2. The second-order valence-electron chi connectivity index (χ2n) is 6.01. The van der Waals surface area contributed by atoms with E-state index >= 15 is 0 Å². The molecule has 0 radical (unpaired) electrons. The normalized spacial score (nSPS) is 15.6. The van der Waals surface area contributed by atoms with Crippen LogP contribution in [0.25, 0.3) is 10.2 Å². The molecule has 0 aliphatic carbocycles. The summed E-state index contributed by atoms with van der Waals surface area (Å²) in [6, 6.07) is 8.76. The molecule has 23 heavy (non-hydrogen) atoms. The Morgan fingerprint density at radius 2 is 2.13 bits per heavy atom. The SMILES string of the molecule is C=C(C)CNC(=S)NC1CCN(c2nc3ccccc3s2)CC1. The van der Waals surface area contributed by atoms with Gasteiger partial charge in [-0.25, -0.2) is 4.98 Å². The number of thiocarbonyl (C=S) groups is 1. The van der Waals surface area contributed by atoms with Gasteiger partial charge in [-0.2, -0.15) is 0 Å². The van der Waals surface area contributed by atoms with Crippen LogP contribution in [0.4, 0.5) is 5.13 Å². The van der Waals surface area contributed by atoms with E-state index in [9.17, 15) is 0 Å². The zero-order valence-corrected chi connectivity index (χ0v) is 15.0. The van der Waals surface area contributed by atoms with E-state index in [0.29, 0.717) is 6.04 Å². The van der Waals surface area contributed by atoms with Gasteiger partial charge in [0, 0.05) is 25.7 Å². The highest BCUT2D eigenvalue weighted by molar-refractivity contribution is 7.80. The van der Waals surface area contributed by atoms with Crippen molar-refractivity contribution in [3.05, 3.63) is 36.4 Å². The van der Waals surface area contributed by atoms with Crippen LogP contribution in [0.15, 0.2) is 36.4 Å². The van der Waals surface area contributed by atoms with E-state index in [0.717, 1.165) is 53.8 Å². The standard InChI is InChI=1S/C17H22N4S2/c1-12(2)11-18-16(22)19-13-7-9-21(10-8-13)17-20-14-5-3-4-6-15(14)23-17/h3-6,13H,1,7-11H2,2H3,(H2,18,19,22). The highest BCUT2D eigenvalue weighted by atomic mass is 32.1. The average Bonchev–Trinajstić information content (AvgIpc) is 2.97. The van der Waals surface area contributed by atoms with Gasteiger partial charge >= 0.3 is 0 Å². The largest absolute Gasteiger partial charge is 0.360 e. The molecule has 1 aromatic heterocycles. The third-order valence-electron chi connectivity index (χ3n) is 3.93. The minimum atomic E-state index is 0.436. The van der Waals surface area contributed by atoms with Crippen molar-refractivity contribution in [2.24, 2.45) is 0 Å². The van der Waals surface area contributed by atoms with E-state index in [-0.39, 0.29) is 0 Å². The Morgan fingerprint density at radius 1 is 1.39 bits per heavy atom. The van der Waals surface area contributed by atoms with Crippen LogP contribution in [0.3, 0.4) is 0 Å². The molecule has 1 saturated heterocycles. The van der Waals surface area contributed by atoms with Crippen LogP contribution in [-0.2, 0) is 0 Å². The van der Waals surface area contributed by atoms with Crippen LogP contribution < -0.4 is 15.5 Å². The lowest BCUT2D eigenvalue weighted by Gasteiger charge is -2.32. The zero-order chi connectivity index (χ0) is 16.2. The number of nitrogens with one attached hydrogen (secondary N) is 2. The van der Waals surface area contributed by atoms with Crippen LogP contribution >= 0.6 is 23.6 Å². The molecule has 4 nitrogen and oxygen atoms in total. The first-order valence-corrected chi connectivity index (χ1v) is 9.13. The molecule has 0 saturated carbocycles. The zero-order valence-electron chi connectivity index (χ0n) is 13.3. The lowest BCUT2D eigenvalue weighted by atomic mass is 10.1. The molecule has 0 bridgehead atoms. The van der Waals surface area contributed by atoms with Crippen LogP contribution in [-0.4, -0.2) is 35.8 Å². The van der Waals surface area contributed by atoms with E-state index in [1.54, 1.807) is 11.3 Å². The van der Waals surface area contributed by atoms with Gasteiger partial charge in [0.15, 0.2) is 10.2 Å². The summed E-state index contributed by atoms with van der Waals surface area (Å²) >= 11 is 7.11. The molecule has 1 aliphatic rings. The van der Waals surface area contributed by atoms with E-state index in [1.807, 2.05) is 13.0 Å². The third kappa shape index (κ3) is 4.20. The van der Waals surface area contributed by atoms with Gasteiger partial charge in [-0.15, -0.1) is 0 Å². The van der Waals surface area contributed by atoms with Gasteiger partial charge in [0.25, 0.3) is 0 Å². The maximum atomic E-state index is 5.33. The Labute approximate surface area is 146 Å². The maximum absolute atomic E-state index is 5.33. The van der Waals surface area contributed by atoms with Gasteiger partial charge in [-0.1, -0.05) is 35.6 Å². The van der Waals surface area contributed by atoms with Gasteiger partial charge in [-0.3, -0.25) is 0 Å². The molecule has 1 aromatic carbocycles. The molecular weight excluding hydrogens is 324 g/mol. The molecular formula is C17H22N4S2. The first-order chi connectivity index (χ1) is 11.1. The van der Waals surface area contributed by atoms with Crippen LogP contribution in [0.2, 0.25) is 0 Å². The average molecular weight is 347 g/mol. The molecule has 1 aliphatic heterocycles. The summed E-state index contributed by atoms with van der Waals surface area (Å²) in [7, 11) is 0. The molecule has 0 atom stereocenters. The summed E-state index contributed by atoms with van der Waals surface area (Å²) in [6.45, 7) is 8.63. The first kappa shape index (κ1) is 16.2. The summed E-state index contributed by atoms with van der Waals surface area (Å²) in [5, 5.41) is 8.46. The number of para-hydroxylation sites is 1. The number of thiazole rings is 1. The predicted molar refractivity (Wildman–Crippen MR) is 103 cm³/mol. The highest BCUT2D eigenvalue weighted by Gasteiger charge is 2.21. The minimum absolute atomic E-state index is 0.436. The lowest BCUT2D eigenvalue weighted by Crippen LogP contribution is -2.48. The third-order valence-corrected chi connectivity index (χ3v) is 5.29. The molecule has 0 amide bonds. The van der Waals surface area contributed by atoms with Crippen LogP contribution in [0.5, 0.6) is 0 Å². The van der Waals surface area contributed by atoms with Crippen molar-refractivity contribution in [3.63, 3.8) is 0 Å². The number of aromatic nitrogens is 1. The second kappa shape index (κ2) is 7.27. The second-order valence-corrected chi connectivity index (χ2v) is 7.43. The molecule has 122 valence electrons. The van der Waals surface area contributed by atoms with Crippen molar-refractivity contribution in [2.45, 2.75) is 25.8 Å². The predicted octanol–water partition coefficient (Wildman–Crippen LogP) is 3.31. The summed E-state index contributed by atoms with van der Waals surface area (Å²) in [5.41, 5.74) is 2.18. The lowest BCUT2D eigenvalue weighted by molar-refractivity contribution is 0.464. The number of benzene rings is 1. The molecule has 6 heteroatoms. The molecule has 0 spiro atoms. The van der Waals surface area contributed by atoms with Gasteiger partial charge in [0.1, 0.15) is 0 Å². The summed E-state index contributed by atoms with van der Waals surface area (Å²) in [6.07, 6.45) is 2.15. The fourth-order valence-electron chi connectivity index (χ4n) is 2.68. The van der Waals surface area contributed by atoms with Gasteiger partial charge < -0.3 is 15.5 Å². The van der Waals surface area contributed by atoms with Gasteiger partial charge in [-0.05, 0) is 44.1 Å². The highest BCUT2D eigenvalue weighted by Crippen LogP contribution is 2.30. The van der Waals surface area contributed by atoms with E-state index in [2.05, 4.69) is 40.3 Å². The number of piperidine rings is 1. The molecule has 0 unspecified atom stereocenters. The van der Waals surface area contributed by atoms with Gasteiger partial charge in [0.2, 0.25) is 0 Å². The number of fused-ring (bicyclic) bond motifs is 1. The topological polar surface area (TPSA) is 40.2 Å². The van der Waals surface area contributed by atoms with E-state index in [4.69, 9.17) is 17.2 Å². The number of anilines is 1. The van der Waals surface area contributed by atoms with Crippen molar-refractivity contribution < 1.29 is 0 Å². The van der Waals surface area contributed by atoms with Crippen molar-refractivity contribution in [1.82, 2.24) is 15.6 Å². The fraction of sp³-hybridized carbons (Fsp3) is 0.412. The molecule has 2 N–H and O–H groups in total. The van der Waals surface area contributed by atoms with E-state index < -0.39 is 0 Å². The van der Waals surface area contributed by atoms with Crippen LogP contribution in [0.1, 0.15) is 19.8 Å². The Balaban J connectivity index is 1.52. The van der Waals surface area contributed by atoms with Crippen LogP contribution in [0, 0.1) is 0 Å². The molecule has 1 fully saturated rings. The molecule has 2 heterocycles. The smallest absolute Gasteiger partial charge is 0.186 e. The van der Waals surface area contributed by atoms with Crippen molar-refractivity contribution in [2.75, 3.05) is 24.5 Å². The fourth-order valence-corrected chi connectivity index (χ4v) is 3.93. The molecule has 3 rings (SSSR count). The Kier molecular flexibility index (Phi) is 5.13. The van der Waals surface area contributed by atoms with E-state index in [1.165, 1.54) is 4.70 Å². The van der Waals surface area contributed by atoms with Crippen molar-refractivity contribution in [3.8, 4) is 0 Å². The monoisotopic (exact) mass is 346 g/mol. The first-order valence-electron chi connectivity index (χ1n) is 7.91. The van der Waals surface area contributed by atoms with Gasteiger partial charge in [0.05, 0.1) is 10.2 Å². The Hall–Kier alpha value is -1.66. The quantitative estimate of drug-likeness (QED) is 0.657. The summed E-state index contributed by atoms with van der Waals surface area (Å²) in [4.78, 5) is 7.13. The summed E-state index contributed by atoms with van der Waals surface area (Å²) in [5.74, 6) is 0. The van der Waals surface area contributed by atoms with Crippen molar-refractivity contribution >= 4 is 44.0 Å². The number of rotatable bonds is 4. The minimum Gasteiger partial charge on any atom is -0.360 e. The summed E-state index contributed by atoms with van der Waals surface area (Å²) < 4.78 is 1.26. The number of hydrogen-bond acceptors (Lipinski definition) is 4. The molecule has 2 aromatic rings. The van der Waals surface area contributed by atoms with Crippen molar-refractivity contribution in [1.29, 1.82) is 0 Å².